The van der Waals surface area contributed by atoms with Gasteiger partial charge in [-0.05, 0) is 40.2 Å². The molecule has 92 valence electrons. The van der Waals surface area contributed by atoms with Crippen LogP contribution in [-0.2, 0) is 4.74 Å². The van der Waals surface area contributed by atoms with Crippen molar-refractivity contribution in [1.29, 1.82) is 0 Å². The average molecular weight is 227 g/mol. The molecule has 1 N–H and O–H groups in total. The second-order valence-corrected chi connectivity index (χ2v) is 4.55. The average Bonchev–Trinajstić information content (AvgIpc) is 1.98. The van der Waals surface area contributed by atoms with Crippen molar-refractivity contribution in [1.82, 2.24) is 5.32 Å². The molecule has 0 aliphatic carbocycles. The topological polar surface area (TPSA) is 21.3 Å². The Balaban J connectivity index is 3.20. The van der Waals surface area contributed by atoms with Gasteiger partial charge in [-0.25, -0.2) is 0 Å². The van der Waals surface area contributed by atoms with Crippen molar-refractivity contribution in [2.75, 3.05) is 19.8 Å². The maximum absolute atomic E-state index is 11.6. The summed E-state index contributed by atoms with van der Waals surface area (Å²) < 4.78 is 39.4. The molecule has 0 spiro atoms. The summed E-state index contributed by atoms with van der Waals surface area (Å²) in [6.07, 6.45) is -2.72. The molecule has 0 unspecified atom stereocenters. The summed E-state index contributed by atoms with van der Waals surface area (Å²) in [5.41, 5.74) is 0.0623. The zero-order valence-electron chi connectivity index (χ0n) is 9.58. The Labute approximate surface area is 89.2 Å². The second-order valence-electron chi connectivity index (χ2n) is 4.55. The number of hydrogen-bond donors (Lipinski definition) is 1. The van der Waals surface area contributed by atoms with Gasteiger partial charge in [0.2, 0.25) is 0 Å². The zero-order chi connectivity index (χ0) is 11.9. The van der Waals surface area contributed by atoms with Crippen LogP contribution in [0.5, 0.6) is 0 Å². The van der Waals surface area contributed by atoms with Crippen molar-refractivity contribution < 1.29 is 17.9 Å². The lowest BCUT2D eigenvalue weighted by Crippen LogP contribution is -2.36. The van der Waals surface area contributed by atoms with E-state index in [-0.39, 0.29) is 12.1 Å². The first kappa shape index (κ1) is 14.7. The summed E-state index contributed by atoms with van der Waals surface area (Å²) in [5.74, 6) is 0. The molecule has 0 saturated heterocycles. The Kier molecular flexibility index (Phi) is 6.20. The Bertz CT molecular complexity index is 145. The van der Waals surface area contributed by atoms with Crippen LogP contribution in [0.4, 0.5) is 13.2 Å². The standard InChI is InChI=1S/C10H20F3NO/c1-9(2,3)14-6-4-5-7-15-8-10(11,12)13/h14H,4-8H2,1-3H3. The van der Waals surface area contributed by atoms with Crippen LogP contribution in [-0.4, -0.2) is 31.5 Å². The van der Waals surface area contributed by atoms with E-state index in [0.717, 1.165) is 13.0 Å². The lowest BCUT2D eigenvalue weighted by Gasteiger charge is -2.20. The van der Waals surface area contributed by atoms with Crippen molar-refractivity contribution in [2.24, 2.45) is 0 Å². The molecule has 0 bridgehead atoms. The van der Waals surface area contributed by atoms with Crippen LogP contribution in [0.15, 0.2) is 0 Å². The van der Waals surface area contributed by atoms with Crippen molar-refractivity contribution in [2.45, 2.75) is 45.3 Å². The van der Waals surface area contributed by atoms with Crippen LogP contribution in [0.25, 0.3) is 0 Å². The van der Waals surface area contributed by atoms with Crippen LogP contribution in [0, 0.1) is 0 Å². The van der Waals surface area contributed by atoms with Gasteiger partial charge in [-0.2, -0.15) is 13.2 Å². The Morgan fingerprint density at radius 2 is 1.67 bits per heavy atom. The minimum atomic E-state index is -4.20. The molecule has 5 heteroatoms. The van der Waals surface area contributed by atoms with E-state index < -0.39 is 12.8 Å². The summed E-state index contributed by atoms with van der Waals surface area (Å²) in [6.45, 7) is 5.98. The lowest BCUT2D eigenvalue weighted by molar-refractivity contribution is -0.174. The van der Waals surface area contributed by atoms with Gasteiger partial charge in [-0.3, -0.25) is 0 Å². The predicted molar refractivity (Wildman–Crippen MR) is 53.9 cm³/mol. The van der Waals surface area contributed by atoms with Crippen molar-refractivity contribution in [3.63, 3.8) is 0 Å². The van der Waals surface area contributed by atoms with Crippen molar-refractivity contribution >= 4 is 0 Å². The van der Waals surface area contributed by atoms with E-state index in [1.807, 2.05) is 20.8 Å². The molecule has 0 aromatic heterocycles. The number of alkyl halides is 3. The van der Waals surface area contributed by atoms with Gasteiger partial charge in [0, 0.05) is 12.1 Å². The predicted octanol–water partition coefficient (Wildman–Crippen LogP) is 2.73. The minimum absolute atomic E-state index is 0.0623. The molecule has 2 nitrogen and oxygen atoms in total. The van der Waals surface area contributed by atoms with Gasteiger partial charge in [0.05, 0.1) is 0 Å². The van der Waals surface area contributed by atoms with Crippen LogP contribution >= 0.6 is 0 Å². The number of hydrogen-bond acceptors (Lipinski definition) is 2. The third-order valence-corrected chi connectivity index (χ3v) is 1.64. The summed E-state index contributed by atoms with van der Waals surface area (Å²) >= 11 is 0. The molecule has 0 amide bonds. The molecule has 15 heavy (non-hydrogen) atoms. The lowest BCUT2D eigenvalue weighted by atomic mass is 10.1. The van der Waals surface area contributed by atoms with Gasteiger partial charge in [-0.1, -0.05) is 0 Å². The smallest absolute Gasteiger partial charge is 0.372 e. The molecule has 0 atom stereocenters. The normalized spacial score (nSPS) is 13.2. The minimum Gasteiger partial charge on any atom is -0.372 e. The van der Waals surface area contributed by atoms with Crippen LogP contribution in [0.2, 0.25) is 0 Å². The number of halogens is 3. The first-order chi connectivity index (χ1) is 6.71. The van der Waals surface area contributed by atoms with E-state index in [2.05, 4.69) is 10.1 Å². The molecule has 0 aliphatic heterocycles. The first-order valence-electron chi connectivity index (χ1n) is 5.10. The van der Waals surface area contributed by atoms with Crippen LogP contribution in [0.3, 0.4) is 0 Å². The van der Waals surface area contributed by atoms with Crippen molar-refractivity contribution in [3.05, 3.63) is 0 Å². The largest absolute Gasteiger partial charge is 0.411 e. The Hall–Kier alpha value is -0.290. The van der Waals surface area contributed by atoms with Crippen LogP contribution in [0.1, 0.15) is 33.6 Å². The third kappa shape index (κ3) is 13.7. The maximum Gasteiger partial charge on any atom is 0.411 e. The fraction of sp³-hybridized carbons (Fsp3) is 1.00. The van der Waals surface area contributed by atoms with E-state index in [1.165, 1.54) is 0 Å². The highest BCUT2D eigenvalue weighted by Gasteiger charge is 2.27. The molecule has 0 rings (SSSR count). The monoisotopic (exact) mass is 227 g/mol. The van der Waals surface area contributed by atoms with E-state index in [9.17, 15) is 13.2 Å². The Morgan fingerprint density at radius 3 is 2.13 bits per heavy atom. The van der Waals surface area contributed by atoms with Gasteiger partial charge in [0.1, 0.15) is 6.61 Å². The van der Waals surface area contributed by atoms with E-state index in [1.54, 1.807) is 0 Å². The third-order valence-electron chi connectivity index (χ3n) is 1.64. The summed E-state index contributed by atoms with van der Waals surface area (Å²) in [7, 11) is 0. The molecular weight excluding hydrogens is 207 g/mol. The quantitative estimate of drug-likeness (QED) is 0.704. The maximum atomic E-state index is 11.6. The molecule has 0 aromatic rings. The highest BCUT2D eigenvalue weighted by molar-refractivity contribution is 4.69. The van der Waals surface area contributed by atoms with Gasteiger partial charge in [-0.15, -0.1) is 0 Å². The fourth-order valence-corrected chi connectivity index (χ4v) is 0.980. The number of rotatable bonds is 6. The van der Waals surface area contributed by atoms with Gasteiger partial charge in [0.25, 0.3) is 0 Å². The van der Waals surface area contributed by atoms with Crippen molar-refractivity contribution in [3.8, 4) is 0 Å². The Morgan fingerprint density at radius 1 is 1.07 bits per heavy atom. The first-order valence-corrected chi connectivity index (χ1v) is 5.10. The number of ether oxygens (including phenoxy) is 1. The zero-order valence-corrected chi connectivity index (χ0v) is 9.58. The highest BCUT2D eigenvalue weighted by atomic mass is 19.4. The summed E-state index contributed by atoms with van der Waals surface area (Å²) in [4.78, 5) is 0. The highest BCUT2D eigenvalue weighted by Crippen LogP contribution is 2.14. The fourth-order valence-electron chi connectivity index (χ4n) is 0.980. The SMILES string of the molecule is CC(C)(C)NCCCCOCC(F)(F)F. The van der Waals surface area contributed by atoms with E-state index in [0.29, 0.717) is 6.42 Å². The van der Waals surface area contributed by atoms with Gasteiger partial charge in [0.15, 0.2) is 0 Å². The van der Waals surface area contributed by atoms with E-state index in [4.69, 9.17) is 0 Å². The molecule has 0 saturated carbocycles. The number of unbranched alkanes of at least 4 members (excludes halogenated alkanes) is 1. The molecule has 0 aliphatic rings. The molecule has 0 aromatic carbocycles. The molecule has 0 heterocycles. The molecule has 0 fully saturated rings. The van der Waals surface area contributed by atoms with Gasteiger partial charge < -0.3 is 10.1 Å². The second kappa shape index (κ2) is 6.33. The molecular formula is C10H20F3NO. The van der Waals surface area contributed by atoms with E-state index >= 15 is 0 Å². The molecule has 0 radical (unpaired) electrons. The van der Waals surface area contributed by atoms with Crippen LogP contribution < -0.4 is 5.32 Å². The van der Waals surface area contributed by atoms with Gasteiger partial charge >= 0.3 is 6.18 Å². The number of nitrogens with one attached hydrogen (secondary N) is 1. The summed E-state index contributed by atoms with van der Waals surface area (Å²) in [5, 5.41) is 3.25. The summed E-state index contributed by atoms with van der Waals surface area (Å²) in [6, 6.07) is 0.